The van der Waals surface area contributed by atoms with Crippen LogP contribution in [0.2, 0.25) is 0 Å². The van der Waals surface area contributed by atoms with Gasteiger partial charge in [0, 0.05) is 18.2 Å². The summed E-state index contributed by atoms with van der Waals surface area (Å²) in [5.74, 6) is 0.775. The maximum absolute atomic E-state index is 12.6. The van der Waals surface area contributed by atoms with Gasteiger partial charge in [-0.2, -0.15) is 0 Å². The molecule has 0 bridgehead atoms. The lowest BCUT2D eigenvalue weighted by atomic mass is 10.0. The average molecular weight is 383 g/mol. The van der Waals surface area contributed by atoms with E-state index in [1.807, 2.05) is 30.3 Å². The summed E-state index contributed by atoms with van der Waals surface area (Å²) in [6, 6.07) is 16.0. The Morgan fingerprint density at radius 3 is 3.00 bits per heavy atom. The van der Waals surface area contributed by atoms with Crippen molar-refractivity contribution >= 4 is 33.1 Å². The van der Waals surface area contributed by atoms with Crippen molar-refractivity contribution in [3.8, 4) is 5.75 Å². The summed E-state index contributed by atoms with van der Waals surface area (Å²) in [6.07, 6.45) is 3.44. The van der Waals surface area contributed by atoms with Crippen LogP contribution in [0.3, 0.4) is 0 Å². The smallest absolute Gasteiger partial charge is 0.279 e. The molecule has 6 heteroatoms. The highest BCUT2D eigenvalue weighted by molar-refractivity contribution is 7.18. The van der Waals surface area contributed by atoms with Crippen LogP contribution in [0.15, 0.2) is 48.5 Å². The van der Waals surface area contributed by atoms with Crippen LogP contribution >= 0.6 is 11.3 Å². The second-order valence-electron chi connectivity index (χ2n) is 6.93. The summed E-state index contributed by atoms with van der Waals surface area (Å²) in [6.45, 7) is 1.46. The van der Waals surface area contributed by atoms with Crippen molar-refractivity contribution in [1.29, 1.82) is 0 Å². The Morgan fingerprint density at radius 2 is 2.15 bits per heavy atom. The average Bonchev–Trinajstić information content (AvgIpc) is 3.12. The number of anilines is 1. The molecule has 1 amide bonds. The third-order valence-electron chi connectivity index (χ3n) is 5.08. The Balaban J connectivity index is 1.47. The topological polar surface area (TPSA) is 55.7 Å². The summed E-state index contributed by atoms with van der Waals surface area (Å²) >= 11 is 1.76. The summed E-state index contributed by atoms with van der Waals surface area (Å²) < 4.78 is 6.45. The lowest BCUT2D eigenvalue weighted by Gasteiger charge is -2.30. The first-order chi connectivity index (χ1) is 13.2. The third kappa shape index (κ3) is 4.12. The molecule has 3 aromatic rings. The monoisotopic (exact) mass is 382 g/mol. The van der Waals surface area contributed by atoms with Crippen molar-refractivity contribution < 1.29 is 14.4 Å². The molecular formula is C21H24N3O2S+. The summed E-state index contributed by atoms with van der Waals surface area (Å²) in [4.78, 5) is 18.8. The zero-order valence-electron chi connectivity index (χ0n) is 15.4. The molecule has 0 saturated carbocycles. The van der Waals surface area contributed by atoms with Gasteiger partial charge in [0.1, 0.15) is 11.8 Å². The van der Waals surface area contributed by atoms with Gasteiger partial charge < -0.3 is 15.0 Å². The van der Waals surface area contributed by atoms with Gasteiger partial charge in [-0.1, -0.05) is 18.2 Å². The molecule has 1 aromatic heterocycles. The minimum absolute atomic E-state index is 0.0336. The molecule has 0 radical (unpaired) electrons. The Morgan fingerprint density at radius 1 is 1.26 bits per heavy atom. The fourth-order valence-corrected chi connectivity index (χ4v) is 4.90. The molecule has 2 atom stereocenters. The highest BCUT2D eigenvalue weighted by Crippen LogP contribution is 2.28. The third-order valence-corrected chi connectivity index (χ3v) is 6.23. The van der Waals surface area contributed by atoms with E-state index in [0.717, 1.165) is 41.3 Å². The number of likely N-dealkylation sites (tertiary alicyclic amines) is 1. The van der Waals surface area contributed by atoms with Crippen LogP contribution < -0.4 is 15.0 Å². The molecular weight excluding hydrogens is 358 g/mol. The molecule has 0 aliphatic carbocycles. The van der Waals surface area contributed by atoms with Crippen LogP contribution in [0.4, 0.5) is 5.69 Å². The van der Waals surface area contributed by atoms with E-state index in [-0.39, 0.29) is 5.91 Å². The fraction of sp³-hybridized carbons (Fsp3) is 0.333. The zero-order valence-corrected chi connectivity index (χ0v) is 16.2. The van der Waals surface area contributed by atoms with Crippen LogP contribution in [-0.2, 0) is 4.79 Å². The van der Waals surface area contributed by atoms with Gasteiger partial charge in [0.2, 0.25) is 0 Å². The molecule has 2 aromatic carbocycles. The molecule has 1 saturated heterocycles. The largest absolute Gasteiger partial charge is 0.497 e. The van der Waals surface area contributed by atoms with Crippen LogP contribution in [0.5, 0.6) is 5.75 Å². The summed E-state index contributed by atoms with van der Waals surface area (Å²) in [7, 11) is 1.63. The van der Waals surface area contributed by atoms with Crippen molar-refractivity contribution in [2.75, 3.05) is 25.5 Å². The maximum Gasteiger partial charge on any atom is 0.279 e. The van der Waals surface area contributed by atoms with Crippen LogP contribution in [-0.4, -0.2) is 31.1 Å². The molecule has 4 rings (SSSR count). The van der Waals surface area contributed by atoms with Crippen molar-refractivity contribution in [2.45, 2.75) is 25.3 Å². The normalized spacial score (nSPS) is 19.7. The number of methoxy groups -OCH3 is 1. The molecule has 2 N–H and O–H groups in total. The van der Waals surface area contributed by atoms with Gasteiger partial charge in [0.25, 0.3) is 5.91 Å². The van der Waals surface area contributed by atoms with Crippen LogP contribution in [0, 0.1) is 0 Å². The first-order valence-electron chi connectivity index (χ1n) is 9.37. The highest BCUT2D eigenvalue weighted by atomic mass is 32.1. The number of benzene rings is 2. The standard InChI is InChI=1S/C21H23N3O2S/c1-26-16-8-6-7-15(13-16)22-20(25)14-24-12-5-4-10-18(24)21-23-17-9-2-3-11-19(17)27-21/h2-3,6-9,11,13,18H,4-5,10,12,14H2,1H3,(H,22,25)/p+1/t18-/m0/s1. The number of nitrogens with zero attached hydrogens (tertiary/aromatic N) is 1. The first-order valence-corrected chi connectivity index (χ1v) is 10.2. The van der Waals surface area contributed by atoms with Gasteiger partial charge in [0.15, 0.2) is 11.6 Å². The highest BCUT2D eigenvalue weighted by Gasteiger charge is 2.31. The van der Waals surface area contributed by atoms with Gasteiger partial charge in [-0.05, 0) is 37.1 Å². The van der Waals surface area contributed by atoms with E-state index in [0.29, 0.717) is 12.6 Å². The molecule has 140 valence electrons. The van der Waals surface area contributed by atoms with Gasteiger partial charge in [-0.3, -0.25) is 4.79 Å². The fourth-order valence-electron chi connectivity index (χ4n) is 3.74. The Labute approximate surface area is 163 Å². The number of hydrogen-bond acceptors (Lipinski definition) is 4. The predicted octanol–water partition coefficient (Wildman–Crippen LogP) is 3.05. The van der Waals surface area contributed by atoms with Gasteiger partial charge in [0.05, 0.1) is 23.9 Å². The molecule has 1 aliphatic rings. The van der Waals surface area contributed by atoms with E-state index in [9.17, 15) is 4.79 Å². The second kappa shape index (κ2) is 8.06. The number of fused-ring (bicyclic) bond motifs is 1. The number of quaternary nitrogens is 1. The lowest BCUT2D eigenvalue weighted by molar-refractivity contribution is -0.929. The van der Waals surface area contributed by atoms with Crippen molar-refractivity contribution in [1.82, 2.24) is 4.98 Å². The number of carbonyl (C=O) groups excluding carboxylic acids is 1. The van der Waals surface area contributed by atoms with Crippen LogP contribution in [0.25, 0.3) is 10.2 Å². The number of hydrogen-bond donors (Lipinski definition) is 2. The zero-order chi connectivity index (χ0) is 18.6. The number of aromatic nitrogens is 1. The predicted molar refractivity (Wildman–Crippen MR) is 109 cm³/mol. The Hall–Kier alpha value is -2.44. The minimum atomic E-state index is 0.0336. The number of thiazole rings is 1. The number of ether oxygens (including phenoxy) is 1. The lowest BCUT2D eigenvalue weighted by Crippen LogP contribution is -3.14. The molecule has 1 aliphatic heterocycles. The first kappa shape index (κ1) is 17.9. The van der Waals surface area contributed by atoms with E-state index in [1.54, 1.807) is 18.4 Å². The van der Waals surface area contributed by atoms with Gasteiger partial charge in [-0.25, -0.2) is 4.98 Å². The second-order valence-corrected chi connectivity index (χ2v) is 8.00. The molecule has 0 spiro atoms. The van der Waals surface area contributed by atoms with E-state index < -0.39 is 0 Å². The molecule has 5 nitrogen and oxygen atoms in total. The van der Waals surface area contributed by atoms with E-state index in [4.69, 9.17) is 9.72 Å². The van der Waals surface area contributed by atoms with E-state index in [1.165, 1.54) is 16.0 Å². The molecule has 27 heavy (non-hydrogen) atoms. The van der Waals surface area contributed by atoms with Crippen molar-refractivity contribution in [2.24, 2.45) is 0 Å². The number of nitrogens with one attached hydrogen (secondary N) is 2. The van der Waals surface area contributed by atoms with E-state index >= 15 is 0 Å². The van der Waals surface area contributed by atoms with Crippen LogP contribution in [0.1, 0.15) is 30.3 Å². The maximum atomic E-state index is 12.6. The number of carbonyl (C=O) groups is 1. The Bertz CT molecular complexity index is 907. The summed E-state index contributed by atoms with van der Waals surface area (Å²) in [5, 5.41) is 4.16. The van der Waals surface area contributed by atoms with Crippen molar-refractivity contribution in [3.63, 3.8) is 0 Å². The minimum Gasteiger partial charge on any atom is -0.497 e. The van der Waals surface area contributed by atoms with Gasteiger partial charge in [-0.15, -0.1) is 11.3 Å². The number of rotatable bonds is 5. The SMILES string of the molecule is COc1cccc(NC(=O)C[NH+]2CCCC[C@H]2c2nc3ccccc3s2)c1. The van der Waals surface area contributed by atoms with Crippen molar-refractivity contribution in [3.05, 3.63) is 53.5 Å². The molecule has 2 heterocycles. The quantitative estimate of drug-likeness (QED) is 0.713. The number of para-hydroxylation sites is 1. The van der Waals surface area contributed by atoms with Gasteiger partial charge >= 0.3 is 0 Å². The number of piperidine rings is 1. The molecule has 1 fully saturated rings. The summed E-state index contributed by atoms with van der Waals surface area (Å²) in [5.41, 5.74) is 1.83. The van der Waals surface area contributed by atoms with E-state index in [2.05, 4.69) is 23.5 Å². The number of amides is 1. The molecule has 1 unspecified atom stereocenters. The Kier molecular flexibility index (Phi) is 5.36.